The van der Waals surface area contributed by atoms with Crippen molar-refractivity contribution >= 4 is 22.3 Å². The van der Waals surface area contributed by atoms with E-state index < -0.39 is 0 Å². The number of allylic oxidation sites excluding steroid dienone is 8. The summed E-state index contributed by atoms with van der Waals surface area (Å²) in [5.74, 6) is 6.52. The summed E-state index contributed by atoms with van der Waals surface area (Å²) in [6.07, 6.45) is 20.7. The van der Waals surface area contributed by atoms with Crippen molar-refractivity contribution in [3.8, 4) is 11.1 Å². The molecule has 3 aromatic rings. The number of anilines is 1. The molecule has 0 unspecified atom stereocenters. The molecule has 42 heavy (non-hydrogen) atoms. The lowest BCUT2D eigenvalue weighted by atomic mass is 9.95. The van der Waals surface area contributed by atoms with Gasteiger partial charge in [-0.15, -0.1) is 0 Å². The quantitative estimate of drug-likeness (QED) is 0.324. The van der Waals surface area contributed by atoms with Crippen LogP contribution in [0.25, 0.3) is 27.7 Å². The second-order valence-electron chi connectivity index (χ2n) is 11.1. The third-order valence-electron chi connectivity index (χ3n) is 8.27. The van der Waals surface area contributed by atoms with Crippen LogP contribution in [0.15, 0.2) is 96.3 Å². The standard InChI is InChI=1S/C34H40N8/c1-5-7-29(26-8-6-10-39-40(4)22-26)33-18-25(9-13-42(33)35)31-21-38-34-30(31)17-28(20-37-34)27-16-23(2)24(3)32(19-27)41-14-11-36-12-15-41/h5-9,13,16-22,36,39H,10-12,14-15,35H2,1-4H3,(H,37,38)/b7-5+,33-29+. The van der Waals surface area contributed by atoms with Gasteiger partial charge in [0, 0.05) is 97.9 Å². The Morgan fingerprint density at radius 1 is 1.07 bits per heavy atom. The van der Waals surface area contributed by atoms with Gasteiger partial charge in [0.1, 0.15) is 5.65 Å². The van der Waals surface area contributed by atoms with Crippen molar-refractivity contribution in [2.75, 3.05) is 44.7 Å². The number of nitrogens with two attached hydrogens (primary N) is 1. The van der Waals surface area contributed by atoms with Gasteiger partial charge < -0.3 is 20.2 Å². The molecule has 6 rings (SSSR count). The molecule has 0 atom stereocenters. The number of aromatic nitrogens is 2. The number of hydrazine groups is 2. The number of piperazine rings is 1. The van der Waals surface area contributed by atoms with Gasteiger partial charge in [-0.3, -0.25) is 5.01 Å². The molecule has 1 fully saturated rings. The number of benzene rings is 1. The summed E-state index contributed by atoms with van der Waals surface area (Å²) >= 11 is 0. The molecule has 0 bridgehead atoms. The summed E-state index contributed by atoms with van der Waals surface area (Å²) < 4.78 is 0. The molecule has 0 saturated carbocycles. The Morgan fingerprint density at radius 2 is 1.90 bits per heavy atom. The normalized spacial score (nSPS) is 19.0. The van der Waals surface area contributed by atoms with Crippen molar-refractivity contribution in [3.63, 3.8) is 0 Å². The van der Waals surface area contributed by atoms with Crippen molar-refractivity contribution in [1.29, 1.82) is 0 Å². The van der Waals surface area contributed by atoms with Crippen LogP contribution in [0.1, 0.15) is 23.6 Å². The minimum atomic E-state index is 0.768. The van der Waals surface area contributed by atoms with E-state index in [2.05, 4.69) is 95.3 Å². The van der Waals surface area contributed by atoms with Crippen molar-refractivity contribution in [3.05, 3.63) is 113 Å². The number of nitrogens with zero attached hydrogens (tertiary/aromatic N) is 4. The zero-order valence-electron chi connectivity index (χ0n) is 24.9. The molecule has 8 nitrogen and oxygen atoms in total. The monoisotopic (exact) mass is 560 g/mol. The first-order chi connectivity index (χ1) is 20.4. The number of fused-ring (bicyclic) bond motifs is 1. The minimum Gasteiger partial charge on any atom is -0.369 e. The van der Waals surface area contributed by atoms with Crippen LogP contribution < -0.4 is 21.5 Å². The fraction of sp³-hybridized carbons (Fsp3) is 0.265. The second-order valence-corrected chi connectivity index (χ2v) is 11.1. The fourth-order valence-corrected chi connectivity index (χ4v) is 5.87. The molecule has 8 heteroatoms. The number of hydrogen-bond acceptors (Lipinski definition) is 7. The van der Waals surface area contributed by atoms with Gasteiger partial charge in [0.2, 0.25) is 0 Å². The van der Waals surface area contributed by atoms with Gasteiger partial charge in [-0.2, -0.15) is 0 Å². The SMILES string of the molecule is C/C=C/C(C1=CN(C)NCC=C1)=C1/C=C(c2c[nH]c3ncc(-c4cc(C)c(C)c(N5CCNCC5)c4)cc23)C=CN1N. The van der Waals surface area contributed by atoms with E-state index in [0.717, 1.165) is 77.3 Å². The summed E-state index contributed by atoms with van der Waals surface area (Å²) in [4.78, 5) is 10.7. The lowest BCUT2D eigenvalue weighted by molar-refractivity contribution is 0.347. The number of H-pyrrole nitrogens is 1. The molecule has 5 N–H and O–H groups in total. The van der Waals surface area contributed by atoms with E-state index in [-0.39, 0.29) is 0 Å². The van der Waals surface area contributed by atoms with Crippen LogP contribution in [-0.4, -0.2) is 59.8 Å². The average molecular weight is 561 g/mol. The third-order valence-corrected chi connectivity index (χ3v) is 8.27. The Morgan fingerprint density at radius 3 is 2.71 bits per heavy atom. The Labute approximate surface area is 248 Å². The maximum Gasteiger partial charge on any atom is 0.137 e. The number of pyridine rings is 1. The van der Waals surface area contributed by atoms with Crippen LogP contribution >= 0.6 is 0 Å². The number of nitrogens with one attached hydrogen (secondary N) is 3. The highest BCUT2D eigenvalue weighted by Crippen LogP contribution is 2.35. The highest BCUT2D eigenvalue weighted by molar-refractivity contribution is 5.96. The first-order valence-electron chi connectivity index (χ1n) is 14.6. The largest absolute Gasteiger partial charge is 0.369 e. The van der Waals surface area contributed by atoms with E-state index >= 15 is 0 Å². The van der Waals surface area contributed by atoms with Gasteiger partial charge in [0.15, 0.2) is 0 Å². The maximum atomic E-state index is 6.52. The lowest BCUT2D eigenvalue weighted by Gasteiger charge is -2.31. The first kappa shape index (κ1) is 27.8. The highest BCUT2D eigenvalue weighted by Gasteiger charge is 2.19. The van der Waals surface area contributed by atoms with Crippen molar-refractivity contribution in [2.45, 2.75) is 20.8 Å². The zero-order valence-corrected chi connectivity index (χ0v) is 24.9. The van der Waals surface area contributed by atoms with Gasteiger partial charge in [0.25, 0.3) is 0 Å². The molecular weight excluding hydrogens is 520 g/mol. The van der Waals surface area contributed by atoms with Gasteiger partial charge in [-0.05, 0) is 67.3 Å². The van der Waals surface area contributed by atoms with E-state index in [1.54, 1.807) is 5.01 Å². The Balaban J connectivity index is 1.43. The molecule has 1 aromatic carbocycles. The first-order valence-corrected chi connectivity index (χ1v) is 14.6. The van der Waals surface area contributed by atoms with Crippen LogP contribution in [0.3, 0.4) is 0 Å². The molecule has 216 valence electrons. The van der Waals surface area contributed by atoms with Crippen molar-refractivity contribution in [2.24, 2.45) is 5.84 Å². The van der Waals surface area contributed by atoms with Gasteiger partial charge >= 0.3 is 0 Å². The van der Waals surface area contributed by atoms with Crippen LogP contribution in [0.5, 0.6) is 0 Å². The minimum absolute atomic E-state index is 0.768. The summed E-state index contributed by atoms with van der Waals surface area (Å²) in [6.45, 7) is 11.3. The molecule has 0 amide bonds. The van der Waals surface area contributed by atoms with Crippen LogP contribution in [0.2, 0.25) is 0 Å². The topological polar surface area (TPSA) is 88.5 Å². The molecule has 0 radical (unpaired) electrons. The van der Waals surface area contributed by atoms with E-state index in [4.69, 9.17) is 10.8 Å². The number of rotatable bonds is 5. The molecular formula is C34H40N8. The lowest BCUT2D eigenvalue weighted by Crippen LogP contribution is -2.43. The van der Waals surface area contributed by atoms with Gasteiger partial charge in [-0.25, -0.2) is 16.3 Å². The van der Waals surface area contributed by atoms with E-state index in [1.807, 2.05) is 37.6 Å². The molecule has 0 spiro atoms. The summed E-state index contributed by atoms with van der Waals surface area (Å²) in [5, 5.41) is 8.23. The van der Waals surface area contributed by atoms with Crippen molar-refractivity contribution in [1.82, 2.24) is 30.7 Å². The zero-order chi connectivity index (χ0) is 29.2. The Kier molecular flexibility index (Phi) is 7.84. The third kappa shape index (κ3) is 5.44. The number of aryl methyl sites for hydroxylation is 1. The summed E-state index contributed by atoms with van der Waals surface area (Å²) in [5.41, 5.74) is 15.7. The van der Waals surface area contributed by atoms with Gasteiger partial charge in [-0.1, -0.05) is 30.4 Å². The average Bonchev–Trinajstić information content (AvgIpc) is 3.31. The number of hydrogen-bond donors (Lipinski definition) is 4. The van der Waals surface area contributed by atoms with Gasteiger partial charge in [0.05, 0.1) is 5.70 Å². The molecule has 3 aliphatic rings. The number of aromatic amines is 1. The Hall–Kier alpha value is -4.37. The van der Waals surface area contributed by atoms with E-state index in [9.17, 15) is 0 Å². The molecule has 3 aliphatic heterocycles. The molecule has 0 aliphatic carbocycles. The van der Waals surface area contributed by atoms with Crippen LogP contribution in [0.4, 0.5) is 5.69 Å². The highest BCUT2D eigenvalue weighted by atomic mass is 15.5. The molecule has 5 heterocycles. The molecule has 1 saturated heterocycles. The predicted molar refractivity (Wildman–Crippen MR) is 174 cm³/mol. The van der Waals surface area contributed by atoms with Crippen molar-refractivity contribution < 1.29 is 0 Å². The smallest absolute Gasteiger partial charge is 0.137 e. The fourth-order valence-electron chi connectivity index (χ4n) is 5.87. The predicted octanol–water partition coefficient (Wildman–Crippen LogP) is 5.06. The Bertz CT molecular complexity index is 1680. The van der Waals surface area contributed by atoms with Crippen LogP contribution in [-0.2, 0) is 0 Å². The van der Waals surface area contributed by atoms with Crippen LogP contribution in [0, 0.1) is 13.8 Å². The summed E-state index contributed by atoms with van der Waals surface area (Å²) in [6, 6.07) is 6.88. The second kappa shape index (κ2) is 11.9. The van der Waals surface area contributed by atoms with E-state index in [0.29, 0.717) is 0 Å². The van der Waals surface area contributed by atoms with E-state index in [1.165, 1.54) is 22.4 Å². The molecule has 2 aromatic heterocycles. The maximum absolute atomic E-state index is 6.52. The summed E-state index contributed by atoms with van der Waals surface area (Å²) in [7, 11) is 2.01.